The fourth-order valence-electron chi connectivity index (χ4n) is 4.99. The highest BCUT2D eigenvalue weighted by atomic mass is 32.2. The predicted molar refractivity (Wildman–Crippen MR) is 137 cm³/mol. The van der Waals surface area contributed by atoms with Gasteiger partial charge in [0.05, 0.1) is 10.8 Å². The van der Waals surface area contributed by atoms with Gasteiger partial charge in [-0.1, -0.05) is 43.0 Å². The van der Waals surface area contributed by atoms with Crippen LogP contribution < -0.4 is 10.0 Å². The van der Waals surface area contributed by atoms with Gasteiger partial charge in [-0.25, -0.2) is 8.42 Å². The number of anilines is 1. The van der Waals surface area contributed by atoms with Crippen molar-refractivity contribution in [2.45, 2.75) is 56.8 Å². The number of nitrogens with zero attached hydrogens (tertiary/aromatic N) is 1. The van der Waals surface area contributed by atoms with Gasteiger partial charge in [0.1, 0.15) is 0 Å². The van der Waals surface area contributed by atoms with Gasteiger partial charge in [0.25, 0.3) is 15.9 Å². The molecule has 0 radical (unpaired) electrons. The van der Waals surface area contributed by atoms with Crippen LogP contribution in [0, 0.1) is 18.8 Å². The quantitative estimate of drug-likeness (QED) is 0.595. The van der Waals surface area contributed by atoms with Crippen LogP contribution in [0.1, 0.15) is 60.9 Å². The number of rotatable bonds is 7. The molecule has 1 atom stereocenters. The fraction of sp³-hybridized carbons (Fsp3) is 0.481. The van der Waals surface area contributed by atoms with Gasteiger partial charge in [-0.05, 0) is 68.9 Å². The Hall–Kier alpha value is -2.87. The Labute approximate surface area is 208 Å². The number of carbonyl (C=O) groups excluding carboxylic acids is 2. The van der Waals surface area contributed by atoms with Crippen LogP contribution in [0.15, 0.2) is 53.4 Å². The van der Waals surface area contributed by atoms with E-state index in [9.17, 15) is 18.0 Å². The van der Waals surface area contributed by atoms with Crippen LogP contribution in [0.2, 0.25) is 0 Å². The van der Waals surface area contributed by atoms with Gasteiger partial charge < -0.3 is 10.2 Å². The largest absolute Gasteiger partial charge is 0.356 e. The lowest BCUT2D eigenvalue weighted by Crippen LogP contribution is -2.46. The molecule has 1 unspecified atom stereocenters. The summed E-state index contributed by atoms with van der Waals surface area (Å²) >= 11 is 0. The van der Waals surface area contributed by atoms with Crippen molar-refractivity contribution in [3.8, 4) is 0 Å². The molecular formula is C27H35N3O4S. The average molecular weight is 498 g/mol. The second-order valence-electron chi connectivity index (χ2n) is 9.84. The molecule has 2 aromatic rings. The first-order valence-corrected chi connectivity index (χ1v) is 14.1. The smallest absolute Gasteiger partial charge is 0.261 e. The second-order valence-corrected chi connectivity index (χ2v) is 11.5. The summed E-state index contributed by atoms with van der Waals surface area (Å²) in [6.45, 7) is 3.59. The first-order valence-electron chi connectivity index (χ1n) is 12.6. The normalized spacial score (nSPS) is 19.2. The third-order valence-electron chi connectivity index (χ3n) is 7.06. The van der Waals surface area contributed by atoms with Crippen molar-refractivity contribution >= 4 is 27.5 Å². The van der Waals surface area contributed by atoms with Crippen LogP contribution in [-0.2, 0) is 14.8 Å². The van der Waals surface area contributed by atoms with Crippen molar-refractivity contribution in [2.24, 2.45) is 11.8 Å². The number of benzene rings is 2. The molecule has 2 aliphatic rings. The number of likely N-dealkylation sites (tertiary alicyclic amines) is 1. The molecular weight excluding hydrogens is 462 g/mol. The Kier molecular flexibility index (Phi) is 8.11. The minimum Gasteiger partial charge on any atom is -0.356 e. The van der Waals surface area contributed by atoms with Crippen molar-refractivity contribution in [1.29, 1.82) is 0 Å². The van der Waals surface area contributed by atoms with Gasteiger partial charge in [0.2, 0.25) is 5.91 Å². The van der Waals surface area contributed by atoms with Crippen molar-refractivity contribution < 1.29 is 18.0 Å². The molecule has 1 aliphatic carbocycles. The number of hydrogen-bond acceptors (Lipinski definition) is 4. The Morgan fingerprint density at radius 3 is 2.46 bits per heavy atom. The molecule has 0 bridgehead atoms. The van der Waals surface area contributed by atoms with E-state index in [-0.39, 0.29) is 22.6 Å². The van der Waals surface area contributed by atoms with Gasteiger partial charge >= 0.3 is 0 Å². The van der Waals surface area contributed by atoms with Gasteiger partial charge in [0, 0.05) is 30.9 Å². The standard InChI is InChI=1S/C27H35N3O4S/c1-20-12-14-25(15-13-20)35(33,34)29-24-11-5-9-22(17-24)27(32)30-16-6-10-23(19-30)26(31)28-18-21-7-3-2-4-8-21/h5,9,11-15,17,21,23,29H,2-4,6-8,10,16,18-19H2,1H3,(H,28,31). The van der Waals surface area contributed by atoms with Crippen molar-refractivity contribution in [1.82, 2.24) is 10.2 Å². The third kappa shape index (κ3) is 6.63. The topological polar surface area (TPSA) is 95.6 Å². The SMILES string of the molecule is Cc1ccc(S(=O)(=O)Nc2cccc(C(=O)N3CCCC(C(=O)NCC4CCCCC4)C3)c2)cc1. The molecule has 35 heavy (non-hydrogen) atoms. The summed E-state index contributed by atoms with van der Waals surface area (Å²) in [6.07, 6.45) is 7.68. The maximum atomic E-state index is 13.2. The lowest BCUT2D eigenvalue weighted by atomic mass is 9.89. The zero-order valence-corrected chi connectivity index (χ0v) is 21.1. The van der Waals surface area contributed by atoms with Crippen molar-refractivity contribution in [3.05, 3.63) is 59.7 Å². The summed E-state index contributed by atoms with van der Waals surface area (Å²) in [5.74, 6) is 0.207. The summed E-state index contributed by atoms with van der Waals surface area (Å²) in [6, 6.07) is 13.1. The number of aryl methyl sites for hydroxylation is 1. The Bertz CT molecular complexity index is 1140. The van der Waals surface area contributed by atoms with Crippen LogP contribution in [0.4, 0.5) is 5.69 Å². The monoisotopic (exact) mass is 497 g/mol. The van der Waals surface area contributed by atoms with Crippen LogP contribution in [0.25, 0.3) is 0 Å². The summed E-state index contributed by atoms with van der Waals surface area (Å²) in [5, 5.41) is 3.12. The van der Waals surface area contributed by atoms with E-state index in [4.69, 9.17) is 0 Å². The number of amides is 2. The predicted octanol–water partition coefficient (Wildman–Crippen LogP) is 4.34. The molecule has 2 fully saturated rings. The molecule has 0 spiro atoms. The molecule has 2 aromatic carbocycles. The summed E-state index contributed by atoms with van der Waals surface area (Å²) in [4.78, 5) is 27.9. The molecule has 1 heterocycles. The lowest BCUT2D eigenvalue weighted by Gasteiger charge is -2.32. The molecule has 1 aliphatic heterocycles. The van der Waals surface area contributed by atoms with E-state index in [0.29, 0.717) is 30.3 Å². The number of hydrogen-bond donors (Lipinski definition) is 2. The summed E-state index contributed by atoms with van der Waals surface area (Å²) < 4.78 is 28.0. The maximum Gasteiger partial charge on any atom is 0.261 e. The average Bonchev–Trinajstić information content (AvgIpc) is 2.87. The van der Waals surface area contributed by atoms with Gasteiger partial charge in [-0.3, -0.25) is 14.3 Å². The zero-order valence-electron chi connectivity index (χ0n) is 20.3. The van der Waals surface area contributed by atoms with E-state index in [1.54, 1.807) is 53.4 Å². The molecule has 1 saturated carbocycles. The lowest BCUT2D eigenvalue weighted by molar-refractivity contribution is -0.126. The summed E-state index contributed by atoms with van der Waals surface area (Å²) in [5.41, 5.74) is 1.70. The first-order chi connectivity index (χ1) is 16.8. The maximum absolute atomic E-state index is 13.2. The van der Waals surface area contributed by atoms with E-state index in [0.717, 1.165) is 24.9 Å². The Balaban J connectivity index is 1.37. The third-order valence-corrected chi connectivity index (χ3v) is 8.46. The van der Waals surface area contributed by atoms with Gasteiger partial charge in [-0.2, -0.15) is 0 Å². The van der Waals surface area contributed by atoms with Gasteiger partial charge in [0.15, 0.2) is 0 Å². The van der Waals surface area contributed by atoms with E-state index in [1.165, 1.54) is 32.1 Å². The number of sulfonamides is 1. The van der Waals surface area contributed by atoms with Crippen LogP contribution in [0.5, 0.6) is 0 Å². The number of carbonyl (C=O) groups is 2. The summed E-state index contributed by atoms with van der Waals surface area (Å²) in [7, 11) is -3.76. The van der Waals surface area contributed by atoms with E-state index in [1.807, 2.05) is 6.92 Å². The molecule has 4 rings (SSSR count). The second kappa shape index (κ2) is 11.2. The molecule has 188 valence electrons. The van der Waals surface area contributed by atoms with Crippen LogP contribution in [-0.4, -0.2) is 44.8 Å². The van der Waals surface area contributed by atoms with Gasteiger partial charge in [-0.15, -0.1) is 0 Å². The van der Waals surface area contributed by atoms with Crippen molar-refractivity contribution in [2.75, 3.05) is 24.4 Å². The molecule has 2 amide bonds. The Morgan fingerprint density at radius 2 is 1.71 bits per heavy atom. The minimum atomic E-state index is -3.76. The number of piperidine rings is 1. The van der Waals surface area contributed by atoms with Crippen molar-refractivity contribution in [3.63, 3.8) is 0 Å². The van der Waals surface area contributed by atoms with Crippen LogP contribution in [0.3, 0.4) is 0 Å². The highest BCUT2D eigenvalue weighted by Crippen LogP contribution is 2.24. The molecule has 8 heteroatoms. The molecule has 0 aromatic heterocycles. The minimum absolute atomic E-state index is 0.0349. The van der Waals surface area contributed by atoms with E-state index in [2.05, 4.69) is 10.0 Å². The fourth-order valence-corrected chi connectivity index (χ4v) is 6.04. The molecule has 2 N–H and O–H groups in total. The van der Waals surface area contributed by atoms with E-state index >= 15 is 0 Å². The highest BCUT2D eigenvalue weighted by molar-refractivity contribution is 7.92. The first kappa shape index (κ1) is 25.2. The van der Waals surface area contributed by atoms with E-state index < -0.39 is 10.0 Å². The molecule has 7 nitrogen and oxygen atoms in total. The van der Waals surface area contributed by atoms with Crippen LogP contribution >= 0.6 is 0 Å². The Morgan fingerprint density at radius 1 is 0.971 bits per heavy atom. The molecule has 1 saturated heterocycles. The highest BCUT2D eigenvalue weighted by Gasteiger charge is 2.29. The zero-order chi connectivity index (χ0) is 24.8. The number of nitrogens with one attached hydrogen (secondary N) is 2.